The van der Waals surface area contributed by atoms with Gasteiger partial charge in [-0.05, 0) is 0 Å². The van der Waals surface area contributed by atoms with Crippen molar-refractivity contribution in [1.82, 2.24) is 10.2 Å². The first-order chi connectivity index (χ1) is 7.38. The average molecular weight is 237 g/mol. The molecule has 0 saturated carbocycles. The van der Waals surface area contributed by atoms with Gasteiger partial charge in [-0.15, -0.1) is 5.10 Å². The Balaban J connectivity index is 2.23. The summed E-state index contributed by atoms with van der Waals surface area (Å²) >= 11 is 0. The van der Waals surface area contributed by atoms with Crippen molar-refractivity contribution >= 4 is 11.9 Å². The normalized spacial score (nSPS) is 21.9. The van der Waals surface area contributed by atoms with Crippen LogP contribution < -0.4 is 4.90 Å². The van der Waals surface area contributed by atoms with Gasteiger partial charge in [0.05, 0.1) is 19.1 Å². The second-order valence-electron chi connectivity index (χ2n) is 3.25. The number of nitrogens with zero attached hydrogens (tertiary/aromatic N) is 3. The topological polar surface area (TPSA) is 79.5 Å². The molecular weight excluding hydrogens is 231 g/mol. The molecule has 88 valence electrons. The highest BCUT2D eigenvalue weighted by Gasteiger charge is 2.40. The number of hydrogen-bond acceptors (Lipinski definition) is 5. The van der Waals surface area contributed by atoms with E-state index in [1.807, 2.05) is 0 Å². The van der Waals surface area contributed by atoms with Crippen molar-refractivity contribution in [2.45, 2.75) is 18.7 Å². The largest absolute Gasteiger partial charge is 0.470 e. The van der Waals surface area contributed by atoms with E-state index in [2.05, 4.69) is 14.6 Å². The Labute approximate surface area is 86.7 Å². The van der Waals surface area contributed by atoms with Gasteiger partial charge >= 0.3 is 18.1 Å². The number of carbonyl (C=O) groups excluding carboxylic acids is 1. The smallest absolute Gasteiger partial charge is 0.399 e. The highest BCUT2D eigenvalue weighted by molar-refractivity contribution is 5.93. The van der Waals surface area contributed by atoms with E-state index in [4.69, 9.17) is 5.11 Å². The molecule has 0 spiro atoms. The minimum atomic E-state index is -4.74. The first kappa shape index (κ1) is 10.9. The van der Waals surface area contributed by atoms with Crippen LogP contribution in [0.5, 0.6) is 0 Å². The van der Waals surface area contributed by atoms with Crippen molar-refractivity contribution in [2.75, 3.05) is 11.4 Å². The van der Waals surface area contributed by atoms with Gasteiger partial charge in [0.25, 0.3) is 0 Å². The quantitative estimate of drug-likeness (QED) is 0.753. The number of alkyl halides is 3. The molecule has 1 aromatic heterocycles. The summed E-state index contributed by atoms with van der Waals surface area (Å²) in [6.07, 6.45) is -5.83. The van der Waals surface area contributed by atoms with Gasteiger partial charge in [-0.25, -0.2) is 0 Å². The lowest BCUT2D eigenvalue weighted by atomic mass is 10.3. The molecule has 2 heterocycles. The summed E-state index contributed by atoms with van der Waals surface area (Å²) in [5.74, 6) is -2.07. The Bertz CT molecular complexity index is 416. The monoisotopic (exact) mass is 237 g/mol. The molecule has 0 aliphatic carbocycles. The minimum absolute atomic E-state index is 0.141. The Morgan fingerprint density at radius 3 is 2.56 bits per heavy atom. The van der Waals surface area contributed by atoms with Crippen LogP contribution >= 0.6 is 0 Å². The molecule has 1 aliphatic heterocycles. The van der Waals surface area contributed by atoms with Crippen LogP contribution in [0.25, 0.3) is 0 Å². The summed E-state index contributed by atoms with van der Waals surface area (Å²) in [7, 11) is 0. The van der Waals surface area contributed by atoms with E-state index < -0.39 is 30.1 Å². The second kappa shape index (κ2) is 3.44. The van der Waals surface area contributed by atoms with Gasteiger partial charge in [-0.3, -0.25) is 9.69 Å². The zero-order valence-electron chi connectivity index (χ0n) is 7.73. The first-order valence-electron chi connectivity index (χ1n) is 4.27. The van der Waals surface area contributed by atoms with E-state index in [0.717, 1.165) is 4.90 Å². The molecule has 0 bridgehead atoms. The maximum absolute atomic E-state index is 12.1. The molecule has 16 heavy (non-hydrogen) atoms. The van der Waals surface area contributed by atoms with Crippen LogP contribution in [-0.2, 0) is 11.0 Å². The molecule has 1 N–H and O–H groups in total. The molecule has 6 nitrogen and oxygen atoms in total. The van der Waals surface area contributed by atoms with Crippen LogP contribution in [0.1, 0.15) is 12.3 Å². The van der Waals surface area contributed by atoms with E-state index in [0.29, 0.717) is 0 Å². The Kier molecular flexibility index (Phi) is 2.34. The fourth-order valence-electron chi connectivity index (χ4n) is 1.31. The maximum atomic E-state index is 12.1. The van der Waals surface area contributed by atoms with Gasteiger partial charge in [0.2, 0.25) is 5.91 Å². The van der Waals surface area contributed by atoms with Crippen LogP contribution in [0.3, 0.4) is 0 Å². The number of anilines is 1. The third-order valence-corrected chi connectivity index (χ3v) is 1.99. The number of carbonyl (C=O) groups is 1. The van der Waals surface area contributed by atoms with Gasteiger partial charge in [0.15, 0.2) is 0 Å². The summed E-state index contributed by atoms with van der Waals surface area (Å²) in [4.78, 5) is 12.0. The number of amides is 1. The molecule has 1 saturated heterocycles. The molecule has 0 radical (unpaired) electrons. The van der Waals surface area contributed by atoms with Crippen molar-refractivity contribution in [3.63, 3.8) is 0 Å². The Morgan fingerprint density at radius 1 is 1.44 bits per heavy atom. The molecule has 1 fully saturated rings. The number of β-amino-alcohol motifs (C(OH)–C–C–N with tert-alkyl or cyclic N) is 1. The van der Waals surface area contributed by atoms with Gasteiger partial charge in [0, 0.05) is 0 Å². The second-order valence-corrected chi connectivity index (χ2v) is 3.25. The fraction of sp³-hybridized carbons (Fsp3) is 0.571. The van der Waals surface area contributed by atoms with Crippen LogP contribution in [0.15, 0.2) is 4.42 Å². The molecule has 1 atom stereocenters. The molecule has 1 unspecified atom stereocenters. The molecule has 9 heteroatoms. The van der Waals surface area contributed by atoms with Crippen molar-refractivity contribution in [3.8, 4) is 0 Å². The average Bonchev–Trinajstić information content (AvgIpc) is 2.70. The lowest BCUT2D eigenvalue weighted by molar-refractivity contribution is -0.157. The van der Waals surface area contributed by atoms with E-state index in [1.165, 1.54) is 0 Å². The lowest BCUT2D eigenvalue weighted by Gasteiger charge is -2.08. The summed E-state index contributed by atoms with van der Waals surface area (Å²) < 4.78 is 40.6. The van der Waals surface area contributed by atoms with Crippen LogP contribution in [0.4, 0.5) is 19.2 Å². The number of aliphatic hydroxyl groups is 1. The lowest BCUT2D eigenvalue weighted by Crippen LogP contribution is -2.25. The third kappa shape index (κ3) is 1.85. The first-order valence-corrected chi connectivity index (χ1v) is 4.27. The standard InChI is InChI=1S/C7H6F3N3O3/c8-7(9,10)5-11-12-6(16-5)13-2-3(14)1-4(13)15/h3,14H,1-2H2. The molecule has 1 amide bonds. The molecule has 0 aromatic carbocycles. The summed E-state index contributed by atoms with van der Waals surface area (Å²) in [6, 6.07) is -0.547. The summed E-state index contributed by atoms with van der Waals surface area (Å²) in [5.41, 5.74) is 0. The SMILES string of the molecule is O=C1CC(O)CN1c1nnc(C(F)(F)F)o1. The van der Waals surface area contributed by atoms with Crippen LogP contribution in [0.2, 0.25) is 0 Å². The van der Waals surface area contributed by atoms with Crippen molar-refractivity contribution < 1.29 is 27.5 Å². The maximum Gasteiger partial charge on any atom is 0.470 e. The Morgan fingerprint density at radius 2 is 2.12 bits per heavy atom. The van der Waals surface area contributed by atoms with Crippen LogP contribution in [0, 0.1) is 0 Å². The number of rotatable bonds is 1. The van der Waals surface area contributed by atoms with E-state index in [-0.39, 0.29) is 13.0 Å². The number of aliphatic hydroxyl groups excluding tert-OH is 1. The van der Waals surface area contributed by atoms with Gasteiger partial charge < -0.3 is 9.52 Å². The highest BCUT2D eigenvalue weighted by Crippen LogP contribution is 2.30. The predicted octanol–water partition coefficient (Wildman–Crippen LogP) is 0.186. The molecular formula is C7H6F3N3O3. The summed E-state index contributed by atoms with van der Waals surface area (Å²) in [6.45, 7) is -0.141. The minimum Gasteiger partial charge on any atom is -0.399 e. The van der Waals surface area contributed by atoms with Crippen molar-refractivity contribution in [3.05, 3.63) is 5.89 Å². The fourth-order valence-corrected chi connectivity index (χ4v) is 1.31. The highest BCUT2D eigenvalue weighted by atomic mass is 19.4. The number of hydrogen-bond donors (Lipinski definition) is 1. The van der Waals surface area contributed by atoms with Crippen molar-refractivity contribution in [2.24, 2.45) is 0 Å². The van der Waals surface area contributed by atoms with Crippen molar-refractivity contribution in [1.29, 1.82) is 0 Å². The summed E-state index contributed by atoms with van der Waals surface area (Å²) in [5, 5.41) is 15.0. The zero-order chi connectivity index (χ0) is 11.9. The number of aromatic nitrogens is 2. The van der Waals surface area contributed by atoms with E-state index >= 15 is 0 Å². The molecule has 1 aromatic rings. The van der Waals surface area contributed by atoms with E-state index in [9.17, 15) is 18.0 Å². The molecule has 1 aliphatic rings. The van der Waals surface area contributed by atoms with Gasteiger partial charge in [0.1, 0.15) is 0 Å². The third-order valence-electron chi connectivity index (χ3n) is 1.99. The zero-order valence-corrected chi connectivity index (χ0v) is 7.73. The van der Waals surface area contributed by atoms with Crippen LogP contribution in [-0.4, -0.2) is 33.9 Å². The predicted molar refractivity (Wildman–Crippen MR) is 42.3 cm³/mol. The van der Waals surface area contributed by atoms with Gasteiger partial charge in [-0.2, -0.15) is 13.2 Å². The van der Waals surface area contributed by atoms with E-state index in [1.54, 1.807) is 0 Å². The van der Waals surface area contributed by atoms with Gasteiger partial charge in [-0.1, -0.05) is 5.10 Å². The Hall–Kier alpha value is -1.64. The number of halogens is 3. The molecule has 2 rings (SSSR count).